The number of carbonyl (C=O) groups excluding carboxylic acids is 1. The highest BCUT2D eigenvalue weighted by Crippen LogP contribution is 2.11. The first-order valence-corrected chi connectivity index (χ1v) is 5.15. The second kappa shape index (κ2) is 4.37. The lowest BCUT2D eigenvalue weighted by atomic mass is 10.1. The first kappa shape index (κ1) is 11.3. The number of hydrogen-bond acceptors (Lipinski definition) is 2. The predicted octanol–water partition coefficient (Wildman–Crippen LogP) is 2.42. The molecule has 0 aliphatic heterocycles. The Labute approximate surface area is 97.9 Å². The van der Waals surface area contributed by atoms with E-state index in [4.69, 9.17) is 0 Å². The zero-order valence-electron chi connectivity index (χ0n) is 9.54. The third-order valence-electron chi connectivity index (χ3n) is 2.25. The predicted molar refractivity (Wildman–Crippen MR) is 62.4 cm³/mol. The third kappa shape index (κ3) is 2.69. The van der Waals surface area contributed by atoms with Crippen LogP contribution in [0.25, 0.3) is 0 Å². The van der Waals surface area contributed by atoms with E-state index in [1.807, 2.05) is 6.92 Å². The molecule has 0 aliphatic rings. The van der Waals surface area contributed by atoms with E-state index >= 15 is 0 Å². The number of benzene rings is 1. The van der Waals surface area contributed by atoms with Gasteiger partial charge in [-0.2, -0.15) is 5.10 Å². The lowest BCUT2D eigenvalue weighted by Crippen LogP contribution is -2.12. The van der Waals surface area contributed by atoms with Crippen molar-refractivity contribution in [2.24, 2.45) is 0 Å². The first-order valence-electron chi connectivity index (χ1n) is 5.15. The van der Waals surface area contributed by atoms with Crippen LogP contribution in [0.1, 0.15) is 21.6 Å². The normalized spacial score (nSPS) is 10.3. The molecule has 1 amide bonds. The number of nitrogens with one attached hydrogen (secondary N) is 2. The summed E-state index contributed by atoms with van der Waals surface area (Å²) < 4.78 is 13.1. The number of aromatic nitrogens is 2. The van der Waals surface area contributed by atoms with Gasteiger partial charge in [-0.25, -0.2) is 4.39 Å². The number of hydrogen-bond donors (Lipinski definition) is 2. The molecular weight excluding hydrogens is 221 g/mol. The van der Waals surface area contributed by atoms with Crippen molar-refractivity contribution in [3.63, 3.8) is 0 Å². The number of amides is 1. The number of rotatable bonds is 2. The molecule has 5 heteroatoms. The highest BCUT2D eigenvalue weighted by Gasteiger charge is 2.09. The molecule has 88 valence electrons. The van der Waals surface area contributed by atoms with Crippen molar-refractivity contribution >= 4 is 11.7 Å². The monoisotopic (exact) mass is 233 g/mol. The molecule has 0 fully saturated rings. The van der Waals surface area contributed by atoms with Crippen molar-refractivity contribution < 1.29 is 9.18 Å². The Kier molecular flexibility index (Phi) is 2.91. The summed E-state index contributed by atoms with van der Waals surface area (Å²) in [6.45, 7) is 3.56. The van der Waals surface area contributed by atoms with E-state index in [9.17, 15) is 9.18 Å². The molecule has 1 aromatic carbocycles. The first-order chi connectivity index (χ1) is 8.04. The average molecular weight is 233 g/mol. The molecule has 4 nitrogen and oxygen atoms in total. The topological polar surface area (TPSA) is 57.8 Å². The third-order valence-corrected chi connectivity index (χ3v) is 2.25. The Morgan fingerprint density at radius 2 is 2.06 bits per heavy atom. The van der Waals surface area contributed by atoms with Crippen LogP contribution in [0.2, 0.25) is 0 Å². The van der Waals surface area contributed by atoms with Crippen molar-refractivity contribution in [1.82, 2.24) is 10.2 Å². The summed E-state index contributed by atoms with van der Waals surface area (Å²) in [6.07, 6.45) is 0. The summed E-state index contributed by atoms with van der Waals surface area (Å²) in [4.78, 5) is 11.8. The fraction of sp³-hybridized carbons (Fsp3) is 0.167. The van der Waals surface area contributed by atoms with Crippen LogP contribution < -0.4 is 5.32 Å². The van der Waals surface area contributed by atoms with Gasteiger partial charge in [0.1, 0.15) is 5.82 Å². The molecule has 0 aliphatic carbocycles. The average Bonchev–Trinajstić information content (AvgIpc) is 2.62. The molecule has 0 unspecified atom stereocenters. The molecular formula is C12H12FN3O. The molecule has 17 heavy (non-hydrogen) atoms. The van der Waals surface area contributed by atoms with Crippen LogP contribution in [-0.2, 0) is 0 Å². The summed E-state index contributed by atoms with van der Waals surface area (Å²) in [5.74, 6) is -0.373. The van der Waals surface area contributed by atoms with Crippen molar-refractivity contribution in [2.75, 3.05) is 5.32 Å². The van der Waals surface area contributed by atoms with E-state index in [1.165, 1.54) is 12.1 Å². The molecule has 1 aromatic heterocycles. The number of aromatic amines is 1. The van der Waals surface area contributed by atoms with Gasteiger partial charge in [0.2, 0.25) is 0 Å². The molecule has 2 rings (SSSR count). The molecule has 1 heterocycles. The lowest BCUT2D eigenvalue weighted by Gasteiger charge is -2.03. The molecule has 0 saturated carbocycles. The number of halogens is 1. The molecule has 0 saturated heterocycles. The summed E-state index contributed by atoms with van der Waals surface area (Å²) in [5.41, 5.74) is 1.83. The molecule has 0 atom stereocenters. The maximum absolute atomic E-state index is 13.1. The van der Waals surface area contributed by atoms with Crippen LogP contribution >= 0.6 is 0 Å². The van der Waals surface area contributed by atoms with Gasteiger partial charge in [-0.1, -0.05) is 0 Å². The highest BCUT2D eigenvalue weighted by molar-refractivity contribution is 6.03. The van der Waals surface area contributed by atoms with Gasteiger partial charge < -0.3 is 5.32 Å². The van der Waals surface area contributed by atoms with Crippen molar-refractivity contribution in [3.8, 4) is 0 Å². The molecule has 0 spiro atoms. The van der Waals surface area contributed by atoms with E-state index < -0.39 is 5.82 Å². The second-order valence-electron chi connectivity index (χ2n) is 3.91. The summed E-state index contributed by atoms with van der Waals surface area (Å²) >= 11 is 0. The maximum Gasteiger partial charge on any atom is 0.256 e. The van der Waals surface area contributed by atoms with Crippen molar-refractivity contribution in [3.05, 3.63) is 46.9 Å². The van der Waals surface area contributed by atoms with Gasteiger partial charge in [0, 0.05) is 17.3 Å². The smallest absolute Gasteiger partial charge is 0.256 e. The molecule has 2 aromatic rings. The van der Waals surface area contributed by atoms with E-state index in [0.29, 0.717) is 11.4 Å². The minimum Gasteiger partial charge on any atom is -0.305 e. The minimum atomic E-state index is -0.423. The van der Waals surface area contributed by atoms with Gasteiger partial charge in [-0.3, -0.25) is 9.89 Å². The fourth-order valence-electron chi connectivity index (χ4n) is 1.54. The largest absolute Gasteiger partial charge is 0.305 e. The minimum absolute atomic E-state index is 0.281. The van der Waals surface area contributed by atoms with E-state index in [-0.39, 0.29) is 11.5 Å². The van der Waals surface area contributed by atoms with E-state index in [2.05, 4.69) is 15.5 Å². The standard InChI is InChI=1S/C12H12FN3O/c1-7-3-9(6-10(13)4-7)12(17)14-11-5-8(2)15-16-11/h3-6H,1-2H3,(H2,14,15,16,17). The maximum atomic E-state index is 13.1. The number of carbonyl (C=O) groups is 1. The van der Waals surface area contributed by atoms with Crippen LogP contribution in [0, 0.1) is 19.7 Å². The van der Waals surface area contributed by atoms with Gasteiger partial charge >= 0.3 is 0 Å². The summed E-state index contributed by atoms with van der Waals surface area (Å²) in [6, 6.07) is 5.89. The highest BCUT2D eigenvalue weighted by atomic mass is 19.1. The van der Waals surface area contributed by atoms with Crippen LogP contribution in [0.5, 0.6) is 0 Å². The lowest BCUT2D eigenvalue weighted by molar-refractivity contribution is 0.102. The Hall–Kier alpha value is -2.17. The quantitative estimate of drug-likeness (QED) is 0.836. The SMILES string of the molecule is Cc1cc(F)cc(C(=O)Nc2cc(C)[nH]n2)c1. The molecule has 0 bridgehead atoms. The Morgan fingerprint density at radius 1 is 1.29 bits per heavy atom. The summed E-state index contributed by atoms with van der Waals surface area (Å²) in [7, 11) is 0. The molecule has 2 N–H and O–H groups in total. The van der Waals surface area contributed by atoms with Gasteiger partial charge in [-0.15, -0.1) is 0 Å². The van der Waals surface area contributed by atoms with Crippen LogP contribution in [0.3, 0.4) is 0 Å². The Balaban J connectivity index is 2.19. The Bertz CT molecular complexity index is 542. The Morgan fingerprint density at radius 3 is 2.65 bits per heavy atom. The van der Waals surface area contributed by atoms with Gasteiger partial charge in [0.25, 0.3) is 5.91 Å². The molecule has 0 radical (unpaired) electrons. The zero-order chi connectivity index (χ0) is 12.4. The van der Waals surface area contributed by atoms with E-state index in [0.717, 1.165) is 5.69 Å². The number of nitrogens with zero attached hydrogens (tertiary/aromatic N) is 1. The van der Waals surface area contributed by atoms with Gasteiger partial charge in [0.05, 0.1) is 0 Å². The van der Waals surface area contributed by atoms with Crippen LogP contribution in [0.4, 0.5) is 10.2 Å². The fourth-order valence-corrected chi connectivity index (χ4v) is 1.54. The van der Waals surface area contributed by atoms with Gasteiger partial charge in [-0.05, 0) is 37.6 Å². The van der Waals surface area contributed by atoms with Crippen LogP contribution in [-0.4, -0.2) is 16.1 Å². The van der Waals surface area contributed by atoms with Crippen molar-refractivity contribution in [1.29, 1.82) is 0 Å². The van der Waals surface area contributed by atoms with E-state index in [1.54, 1.807) is 19.1 Å². The van der Waals surface area contributed by atoms with Gasteiger partial charge in [0.15, 0.2) is 5.82 Å². The van der Waals surface area contributed by atoms with Crippen molar-refractivity contribution in [2.45, 2.75) is 13.8 Å². The second-order valence-corrected chi connectivity index (χ2v) is 3.91. The summed E-state index contributed by atoms with van der Waals surface area (Å²) in [5, 5.41) is 9.17. The van der Waals surface area contributed by atoms with Crippen LogP contribution in [0.15, 0.2) is 24.3 Å². The zero-order valence-corrected chi connectivity index (χ0v) is 9.54. The number of H-pyrrole nitrogens is 1. The number of anilines is 1. The number of aryl methyl sites for hydroxylation is 2.